The molecule has 0 saturated carbocycles. The molecule has 0 fully saturated rings. The highest BCUT2D eigenvalue weighted by Crippen LogP contribution is 2.46. The summed E-state index contributed by atoms with van der Waals surface area (Å²) in [5.41, 5.74) is 2.86. The lowest BCUT2D eigenvalue weighted by atomic mass is 9.89. The van der Waals surface area contributed by atoms with Crippen LogP contribution in [0.2, 0.25) is 10.0 Å². The number of rotatable bonds is 5. The van der Waals surface area contributed by atoms with Gasteiger partial charge in [0.15, 0.2) is 11.5 Å². The molecule has 30 heavy (non-hydrogen) atoms. The van der Waals surface area contributed by atoms with E-state index in [1.54, 1.807) is 19.5 Å². The number of halogens is 2. The Morgan fingerprint density at radius 3 is 2.27 bits per heavy atom. The van der Waals surface area contributed by atoms with Gasteiger partial charge < -0.3 is 9.47 Å². The minimum absolute atomic E-state index is 0.161. The van der Waals surface area contributed by atoms with Crippen molar-refractivity contribution in [3.8, 4) is 11.5 Å². The van der Waals surface area contributed by atoms with Crippen molar-refractivity contribution in [1.82, 2.24) is 4.98 Å². The van der Waals surface area contributed by atoms with Gasteiger partial charge >= 0.3 is 0 Å². The second kappa shape index (κ2) is 10.0. The van der Waals surface area contributed by atoms with Crippen molar-refractivity contribution in [3.63, 3.8) is 0 Å². The number of aromatic nitrogens is 1. The van der Waals surface area contributed by atoms with E-state index in [4.69, 9.17) is 37.2 Å². The van der Waals surface area contributed by atoms with Gasteiger partial charge in [-0.05, 0) is 24.5 Å². The number of methoxy groups -OCH3 is 1. The van der Waals surface area contributed by atoms with Crippen LogP contribution in [0.15, 0.2) is 24.5 Å². The van der Waals surface area contributed by atoms with Gasteiger partial charge in [-0.1, -0.05) is 55.3 Å². The van der Waals surface area contributed by atoms with E-state index >= 15 is 0 Å². The first-order chi connectivity index (χ1) is 14.0. The van der Waals surface area contributed by atoms with Crippen LogP contribution in [0.25, 0.3) is 12.2 Å². The third-order valence-corrected chi connectivity index (χ3v) is 5.51. The second-order valence-electron chi connectivity index (χ2n) is 6.92. The SMILES string of the molecule is CCC1(CC)Cc2c(/C=C/c3c(Cl)cncc3Cl)ccc(OC)c2O1.CS(=O)(=O)O. The van der Waals surface area contributed by atoms with Gasteiger partial charge in [-0.2, -0.15) is 8.42 Å². The molecule has 164 valence electrons. The molecule has 0 saturated heterocycles. The molecule has 1 N–H and O–H groups in total. The number of pyridine rings is 1. The van der Waals surface area contributed by atoms with Gasteiger partial charge in [0.1, 0.15) is 5.60 Å². The molecule has 0 atom stereocenters. The van der Waals surface area contributed by atoms with Gasteiger partial charge in [0.05, 0.1) is 23.4 Å². The summed E-state index contributed by atoms with van der Waals surface area (Å²) < 4.78 is 37.7. The number of fused-ring (bicyclic) bond motifs is 1. The minimum atomic E-state index is -3.67. The van der Waals surface area contributed by atoms with Crippen LogP contribution in [0.4, 0.5) is 0 Å². The summed E-state index contributed by atoms with van der Waals surface area (Å²) >= 11 is 12.4. The molecule has 0 spiro atoms. The Bertz CT molecular complexity index is 1010. The molecule has 1 aromatic heterocycles. The fourth-order valence-electron chi connectivity index (χ4n) is 3.21. The molecule has 0 radical (unpaired) electrons. The fourth-order valence-corrected chi connectivity index (χ4v) is 3.70. The van der Waals surface area contributed by atoms with Gasteiger partial charge in [0.25, 0.3) is 10.1 Å². The number of hydrogen-bond donors (Lipinski definition) is 1. The standard InChI is InChI=1S/C20H21Cl2NO2.CH4O3S/c1-4-20(5-2)10-15-13(7-9-18(24-3)19(15)25-20)6-8-14-16(21)11-23-12-17(14)22;1-5(2,3)4/h6-9,11-12H,4-5,10H2,1-3H3;1H3,(H,2,3,4)/b8-6+;. The highest BCUT2D eigenvalue weighted by atomic mass is 35.5. The minimum Gasteiger partial charge on any atom is -0.493 e. The molecule has 6 nitrogen and oxygen atoms in total. The average Bonchev–Trinajstić information content (AvgIpc) is 3.07. The van der Waals surface area contributed by atoms with Crippen LogP contribution in [0.3, 0.4) is 0 Å². The molecule has 2 heterocycles. The number of hydrogen-bond acceptors (Lipinski definition) is 5. The first-order valence-corrected chi connectivity index (χ1v) is 11.9. The van der Waals surface area contributed by atoms with Gasteiger partial charge in [-0.3, -0.25) is 9.54 Å². The molecule has 0 aliphatic carbocycles. The van der Waals surface area contributed by atoms with Crippen LogP contribution in [0, 0.1) is 0 Å². The Morgan fingerprint density at radius 1 is 1.20 bits per heavy atom. The quantitative estimate of drug-likeness (QED) is 0.571. The zero-order valence-corrected chi connectivity index (χ0v) is 19.6. The summed E-state index contributed by atoms with van der Waals surface area (Å²) in [6.45, 7) is 4.32. The maximum atomic E-state index is 9.19. The van der Waals surface area contributed by atoms with E-state index in [1.165, 1.54) is 5.56 Å². The van der Waals surface area contributed by atoms with E-state index in [0.29, 0.717) is 16.3 Å². The van der Waals surface area contributed by atoms with E-state index in [9.17, 15) is 8.42 Å². The van der Waals surface area contributed by atoms with Crippen molar-refractivity contribution < 1.29 is 22.4 Å². The summed E-state index contributed by atoms with van der Waals surface area (Å²) in [6, 6.07) is 3.98. The van der Waals surface area contributed by atoms with E-state index in [-0.39, 0.29) is 5.60 Å². The molecule has 1 aliphatic rings. The maximum Gasteiger partial charge on any atom is 0.261 e. The van der Waals surface area contributed by atoms with Crippen molar-refractivity contribution in [3.05, 3.63) is 51.3 Å². The van der Waals surface area contributed by atoms with E-state index in [2.05, 4.69) is 18.8 Å². The fraction of sp³-hybridized carbons (Fsp3) is 0.381. The molecule has 9 heteroatoms. The number of nitrogens with zero attached hydrogens (tertiary/aromatic N) is 1. The first-order valence-electron chi connectivity index (χ1n) is 9.32. The van der Waals surface area contributed by atoms with Crippen LogP contribution in [0.5, 0.6) is 11.5 Å². The molecular weight excluding hydrogens is 449 g/mol. The van der Waals surface area contributed by atoms with Crippen molar-refractivity contribution in [2.24, 2.45) is 0 Å². The molecule has 1 aliphatic heterocycles. The highest BCUT2D eigenvalue weighted by Gasteiger charge is 2.38. The lowest BCUT2D eigenvalue weighted by Gasteiger charge is -2.25. The summed E-state index contributed by atoms with van der Waals surface area (Å²) in [7, 11) is -2.00. The number of benzene rings is 1. The van der Waals surface area contributed by atoms with Crippen LogP contribution in [-0.4, -0.2) is 36.9 Å². The molecule has 0 unspecified atom stereocenters. The van der Waals surface area contributed by atoms with Crippen molar-refractivity contribution in [2.45, 2.75) is 38.7 Å². The molecule has 0 amide bonds. The Labute approximate surface area is 187 Å². The first kappa shape index (κ1) is 24.5. The van der Waals surface area contributed by atoms with Crippen LogP contribution in [-0.2, 0) is 16.5 Å². The largest absolute Gasteiger partial charge is 0.493 e. The van der Waals surface area contributed by atoms with Gasteiger partial charge in [0, 0.05) is 29.9 Å². The normalized spacial score (nSPS) is 14.6. The predicted molar refractivity (Wildman–Crippen MR) is 121 cm³/mol. The Kier molecular flexibility index (Phi) is 8.16. The third-order valence-electron chi connectivity index (χ3n) is 4.91. The lowest BCUT2D eigenvalue weighted by molar-refractivity contribution is 0.0828. The van der Waals surface area contributed by atoms with Gasteiger partial charge in [-0.15, -0.1) is 0 Å². The van der Waals surface area contributed by atoms with E-state index in [1.807, 2.05) is 24.3 Å². The Balaban J connectivity index is 0.000000575. The molecule has 3 rings (SSSR count). The summed E-state index contributed by atoms with van der Waals surface area (Å²) in [4.78, 5) is 3.99. The van der Waals surface area contributed by atoms with Crippen molar-refractivity contribution >= 4 is 45.5 Å². The average molecular weight is 474 g/mol. The van der Waals surface area contributed by atoms with E-state index in [0.717, 1.165) is 41.9 Å². The molecule has 1 aromatic carbocycles. The van der Waals surface area contributed by atoms with E-state index < -0.39 is 10.1 Å². The molecule has 0 bridgehead atoms. The second-order valence-corrected chi connectivity index (χ2v) is 9.20. The highest BCUT2D eigenvalue weighted by molar-refractivity contribution is 7.85. The van der Waals surface area contributed by atoms with Gasteiger partial charge in [0.2, 0.25) is 0 Å². The molecule has 2 aromatic rings. The summed E-state index contributed by atoms with van der Waals surface area (Å²) in [6.07, 6.45) is 10.6. The Hall–Kier alpha value is -1.80. The third kappa shape index (κ3) is 6.11. The van der Waals surface area contributed by atoms with Crippen molar-refractivity contribution in [2.75, 3.05) is 13.4 Å². The topological polar surface area (TPSA) is 85.7 Å². The van der Waals surface area contributed by atoms with Crippen LogP contribution in [0.1, 0.15) is 43.4 Å². The zero-order chi connectivity index (χ0) is 22.5. The van der Waals surface area contributed by atoms with Gasteiger partial charge in [-0.25, -0.2) is 0 Å². The summed E-state index contributed by atoms with van der Waals surface area (Å²) in [5.74, 6) is 1.62. The maximum absolute atomic E-state index is 9.19. The van der Waals surface area contributed by atoms with Crippen LogP contribution < -0.4 is 9.47 Å². The number of ether oxygens (including phenoxy) is 2. The van der Waals surface area contributed by atoms with Crippen molar-refractivity contribution in [1.29, 1.82) is 0 Å². The monoisotopic (exact) mass is 473 g/mol. The van der Waals surface area contributed by atoms with Crippen LogP contribution >= 0.6 is 23.2 Å². The molecular formula is C21H25Cl2NO5S. The summed E-state index contributed by atoms with van der Waals surface area (Å²) in [5, 5.41) is 1.06. The predicted octanol–water partition coefficient (Wildman–Crippen LogP) is 5.57. The zero-order valence-electron chi connectivity index (χ0n) is 17.3. The smallest absolute Gasteiger partial charge is 0.261 e. The Morgan fingerprint density at radius 2 is 1.77 bits per heavy atom. The lowest BCUT2D eigenvalue weighted by Crippen LogP contribution is -2.32.